The molecule has 1 N–H and O–H groups in total. The molecule has 2 aromatic heterocycles. The minimum atomic E-state index is 0.567. The number of anilines is 1. The monoisotopic (exact) mass is 261 g/mol. The predicted octanol–water partition coefficient (Wildman–Crippen LogP) is 1.92. The second-order valence-electron chi connectivity index (χ2n) is 4.30. The van der Waals surface area contributed by atoms with Crippen molar-refractivity contribution in [1.82, 2.24) is 19.7 Å². The van der Waals surface area contributed by atoms with Crippen LogP contribution in [0.2, 0.25) is 0 Å². The van der Waals surface area contributed by atoms with Crippen LogP contribution in [0, 0.1) is 6.92 Å². The SMILES string of the molecule is CCCOc1ccnc(NCc2cnn(C)c2C)n1. The first-order valence-corrected chi connectivity index (χ1v) is 6.38. The smallest absolute Gasteiger partial charge is 0.226 e. The van der Waals surface area contributed by atoms with Gasteiger partial charge in [0.25, 0.3) is 0 Å². The number of nitrogens with one attached hydrogen (secondary N) is 1. The van der Waals surface area contributed by atoms with Crippen molar-refractivity contribution in [2.24, 2.45) is 7.05 Å². The largest absolute Gasteiger partial charge is 0.478 e. The van der Waals surface area contributed by atoms with Gasteiger partial charge in [0.05, 0.1) is 12.8 Å². The number of ether oxygens (including phenoxy) is 1. The van der Waals surface area contributed by atoms with Crippen molar-refractivity contribution in [1.29, 1.82) is 0 Å². The number of rotatable bonds is 6. The maximum atomic E-state index is 5.47. The fourth-order valence-electron chi connectivity index (χ4n) is 1.61. The average molecular weight is 261 g/mol. The molecule has 0 aromatic carbocycles. The summed E-state index contributed by atoms with van der Waals surface area (Å²) in [6.45, 7) is 5.41. The van der Waals surface area contributed by atoms with Gasteiger partial charge in [0.2, 0.25) is 11.8 Å². The molecule has 102 valence electrons. The summed E-state index contributed by atoms with van der Waals surface area (Å²) in [6.07, 6.45) is 4.50. The first-order chi connectivity index (χ1) is 9.20. The average Bonchev–Trinajstić information content (AvgIpc) is 2.75. The molecule has 0 bridgehead atoms. The topological polar surface area (TPSA) is 64.9 Å². The Labute approximate surface area is 112 Å². The highest BCUT2D eigenvalue weighted by molar-refractivity contribution is 5.30. The van der Waals surface area contributed by atoms with Crippen LogP contribution in [-0.2, 0) is 13.6 Å². The minimum absolute atomic E-state index is 0.567. The number of hydrogen-bond donors (Lipinski definition) is 1. The van der Waals surface area contributed by atoms with Crippen molar-refractivity contribution in [3.63, 3.8) is 0 Å². The van der Waals surface area contributed by atoms with Gasteiger partial charge in [-0.1, -0.05) is 6.92 Å². The van der Waals surface area contributed by atoms with Crippen LogP contribution in [0.5, 0.6) is 5.88 Å². The molecule has 0 aliphatic heterocycles. The highest BCUT2D eigenvalue weighted by Crippen LogP contribution is 2.11. The van der Waals surface area contributed by atoms with Gasteiger partial charge in [-0.25, -0.2) is 4.98 Å². The Morgan fingerprint density at radius 1 is 1.42 bits per heavy atom. The molecule has 19 heavy (non-hydrogen) atoms. The van der Waals surface area contributed by atoms with Gasteiger partial charge in [-0.3, -0.25) is 4.68 Å². The molecule has 0 saturated heterocycles. The third-order valence-corrected chi connectivity index (χ3v) is 2.86. The van der Waals surface area contributed by atoms with Crippen LogP contribution in [0.3, 0.4) is 0 Å². The van der Waals surface area contributed by atoms with Gasteiger partial charge in [-0.2, -0.15) is 10.1 Å². The van der Waals surface area contributed by atoms with E-state index in [2.05, 4.69) is 27.3 Å². The van der Waals surface area contributed by atoms with E-state index in [4.69, 9.17) is 4.74 Å². The van der Waals surface area contributed by atoms with Gasteiger partial charge in [0.1, 0.15) is 0 Å². The maximum Gasteiger partial charge on any atom is 0.226 e. The van der Waals surface area contributed by atoms with E-state index in [1.54, 1.807) is 12.3 Å². The first kappa shape index (κ1) is 13.3. The summed E-state index contributed by atoms with van der Waals surface area (Å²) in [5.41, 5.74) is 2.26. The van der Waals surface area contributed by atoms with Crippen LogP contribution >= 0.6 is 0 Å². The van der Waals surface area contributed by atoms with E-state index in [9.17, 15) is 0 Å². The van der Waals surface area contributed by atoms with Crippen LogP contribution in [0.4, 0.5) is 5.95 Å². The highest BCUT2D eigenvalue weighted by atomic mass is 16.5. The van der Waals surface area contributed by atoms with E-state index in [1.807, 2.05) is 24.9 Å². The molecule has 6 nitrogen and oxygen atoms in total. The fourth-order valence-corrected chi connectivity index (χ4v) is 1.61. The fraction of sp³-hybridized carbons (Fsp3) is 0.462. The van der Waals surface area contributed by atoms with Crippen molar-refractivity contribution >= 4 is 5.95 Å². The zero-order chi connectivity index (χ0) is 13.7. The van der Waals surface area contributed by atoms with Gasteiger partial charge in [0, 0.05) is 37.1 Å². The lowest BCUT2D eigenvalue weighted by molar-refractivity contribution is 0.305. The summed E-state index contributed by atoms with van der Waals surface area (Å²) < 4.78 is 7.31. The molecular weight excluding hydrogens is 242 g/mol. The molecule has 2 rings (SSSR count). The lowest BCUT2D eigenvalue weighted by Crippen LogP contribution is -2.06. The predicted molar refractivity (Wildman–Crippen MR) is 73.1 cm³/mol. The zero-order valence-electron chi connectivity index (χ0n) is 11.6. The van der Waals surface area contributed by atoms with Crippen LogP contribution in [0.1, 0.15) is 24.6 Å². The van der Waals surface area contributed by atoms with Crippen LogP contribution in [0.15, 0.2) is 18.5 Å². The third kappa shape index (κ3) is 3.43. The lowest BCUT2D eigenvalue weighted by Gasteiger charge is -2.07. The molecule has 0 saturated carbocycles. The summed E-state index contributed by atoms with van der Waals surface area (Å²) in [6, 6.07) is 1.76. The van der Waals surface area contributed by atoms with Crippen molar-refractivity contribution in [3.05, 3.63) is 29.7 Å². The first-order valence-electron chi connectivity index (χ1n) is 6.38. The second-order valence-corrected chi connectivity index (χ2v) is 4.30. The van der Waals surface area contributed by atoms with Crippen molar-refractivity contribution in [3.8, 4) is 5.88 Å². The molecule has 0 aliphatic carbocycles. The van der Waals surface area contributed by atoms with Gasteiger partial charge in [-0.15, -0.1) is 0 Å². The third-order valence-electron chi connectivity index (χ3n) is 2.86. The second kappa shape index (κ2) is 6.17. The zero-order valence-corrected chi connectivity index (χ0v) is 11.6. The summed E-state index contributed by atoms with van der Waals surface area (Å²) in [5, 5.41) is 7.37. The summed E-state index contributed by atoms with van der Waals surface area (Å²) in [7, 11) is 1.93. The van der Waals surface area contributed by atoms with E-state index in [1.165, 1.54) is 0 Å². The molecule has 2 heterocycles. The van der Waals surface area contributed by atoms with Gasteiger partial charge < -0.3 is 10.1 Å². The van der Waals surface area contributed by atoms with E-state index in [0.29, 0.717) is 25.0 Å². The molecule has 0 amide bonds. The Hall–Kier alpha value is -2.11. The molecule has 0 radical (unpaired) electrons. The van der Waals surface area contributed by atoms with E-state index >= 15 is 0 Å². The molecule has 0 fully saturated rings. The molecule has 0 spiro atoms. The Balaban J connectivity index is 1.97. The summed E-state index contributed by atoms with van der Waals surface area (Å²) in [4.78, 5) is 8.46. The standard InChI is InChI=1S/C13H19N5O/c1-4-7-19-12-5-6-14-13(17-12)15-8-11-9-16-18(3)10(11)2/h5-6,9H,4,7-8H2,1-3H3,(H,14,15,17). The van der Waals surface area contributed by atoms with Crippen molar-refractivity contribution in [2.75, 3.05) is 11.9 Å². The van der Waals surface area contributed by atoms with Crippen molar-refractivity contribution in [2.45, 2.75) is 26.8 Å². The van der Waals surface area contributed by atoms with Crippen LogP contribution < -0.4 is 10.1 Å². The molecule has 6 heteroatoms. The summed E-state index contributed by atoms with van der Waals surface area (Å²) >= 11 is 0. The van der Waals surface area contributed by atoms with Gasteiger partial charge >= 0.3 is 0 Å². The Bertz CT molecular complexity index is 538. The Morgan fingerprint density at radius 2 is 2.26 bits per heavy atom. The number of hydrogen-bond acceptors (Lipinski definition) is 5. The number of aromatic nitrogens is 4. The molecule has 0 atom stereocenters. The highest BCUT2D eigenvalue weighted by Gasteiger charge is 2.05. The Kier molecular flexibility index (Phi) is 4.33. The van der Waals surface area contributed by atoms with E-state index in [0.717, 1.165) is 17.7 Å². The molecule has 0 aliphatic rings. The van der Waals surface area contributed by atoms with Crippen LogP contribution in [-0.4, -0.2) is 26.4 Å². The van der Waals surface area contributed by atoms with Crippen LogP contribution in [0.25, 0.3) is 0 Å². The maximum absolute atomic E-state index is 5.47. The molecule has 0 unspecified atom stereocenters. The number of nitrogens with zero attached hydrogens (tertiary/aromatic N) is 4. The molecule has 2 aromatic rings. The van der Waals surface area contributed by atoms with Gasteiger partial charge in [-0.05, 0) is 13.3 Å². The van der Waals surface area contributed by atoms with E-state index < -0.39 is 0 Å². The Morgan fingerprint density at radius 3 is 2.95 bits per heavy atom. The number of aryl methyl sites for hydroxylation is 1. The van der Waals surface area contributed by atoms with E-state index in [-0.39, 0.29) is 0 Å². The van der Waals surface area contributed by atoms with Crippen molar-refractivity contribution < 1.29 is 4.74 Å². The minimum Gasteiger partial charge on any atom is -0.478 e. The lowest BCUT2D eigenvalue weighted by atomic mass is 10.2. The quantitative estimate of drug-likeness (QED) is 0.860. The normalized spacial score (nSPS) is 10.5. The molecular formula is C13H19N5O. The van der Waals surface area contributed by atoms with Gasteiger partial charge in [0.15, 0.2) is 0 Å². The summed E-state index contributed by atoms with van der Waals surface area (Å²) in [5.74, 6) is 1.17.